The van der Waals surface area contributed by atoms with Crippen LogP contribution in [0.2, 0.25) is 0 Å². The van der Waals surface area contributed by atoms with Gasteiger partial charge in [-0.2, -0.15) is 13.2 Å². The maximum atomic E-state index is 13.8. The molecule has 1 aliphatic rings. The van der Waals surface area contributed by atoms with Crippen LogP contribution in [0.3, 0.4) is 0 Å². The van der Waals surface area contributed by atoms with E-state index in [0.717, 1.165) is 25.3 Å². The molecule has 2 aromatic rings. The van der Waals surface area contributed by atoms with Gasteiger partial charge in [-0.1, -0.05) is 0 Å². The molecular weight excluding hydrogens is 407 g/mol. The summed E-state index contributed by atoms with van der Waals surface area (Å²) in [6, 6.07) is 0.750. The summed E-state index contributed by atoms with van der Waals surface area (Å²) >= 11 is 0. The first-order valence-electron chi connectivity index (χ1n) is 9.23. The maximum Gasteiger partial charge on any atom is 0.408 e. The SMILES string of the molecule is C[C@H](NC(=O)c1cncc(-c2cc(F)cc(F)c2)c1N1CC[C@](C)(N)C1)C(F)(F)F. The van der Waals surface area contributed by atoms with Gasteiger partial charge in [-0.15, -0.1) is 0 Å². The lowest BCUT2D eigenvalue weighted by Gasteiger charge is -2.27. The molecule has 3 N–H and O–H groups in total. The number of alkyl halides is 3. The molecule has 1 amide bonds. The second kappa shape index (κ2) is 7.82. The molecule has 0 bridgehead atoms. The summed E-state index contributed by atoms with van der Waals surface area (Å²) in [5.74, 6) is -2.66. The molecule has 162 valence electrons. The maximum absolute atomic E-state index is 13.8. The Morgan fingerprint density at radius 2 is 1.87 bits per heavy atom. The van der Waals surface area contributed by atoms with Gasteiger partial charge in [0.2, 0.25) is 0 Å². The Balaban J connectivity index is 2.12. The number of halogens is 5. The fourth-order valence-electron chi connectivity index (χ4n) is 3.41. The number of carbonyl (C=O) groups excluding carboxylic acids is 1. The first-order chi connectivity index (χ1) is 13.9. The van der Waals surface area contributed by atoms with E-state index in [4.69, 9.17) is 5.73 Å². The van der Waals surface area contributed by atoms with Crippen LogP contribution >= 0.6 is 0 Å². The zero-order chi connectivity index (χ0) is 22.3. The Morgan fingerprint density at radius 3 is 2.40 bits per heavy atom. The molecule has 1 aromatic carbocycles. The zero-order valence-electron chi connectivity index (χ0n) is 16.4. The Labute approximate surface area is 170 Å². The van der Waals surface area contributed by atoms with E-state index in [1.807, 2.05) is 5.32 Å². The van der Waals surface area contributed by atoms with E-state index in [0.29, 0.717) is 25.6 Å². The highest BCUT2D eigenvalue weighted by Gasteiger charge is 2.38. The summed E-state index contributed by atoms with van der Waals surface area (Å²) in [5, 5.41) is 1.91. The second-order valence-corrected chi connectivity index (χ2v) is 7.80. The number of hydrogen-bond donors (Lipinski definition) is 2. The van der Waals surface area contributed by atoms with Crippen molar-refractivity contribution in [2.45, 2.75) is 38.0 Å². The number of nitrogens with two attached hydrogens (primary N) is 1. The van der Waals surface area contributed by atoms with Crippen LogP contribution in [0.1, 0.15) is 30.6 Å². The molecule has 0 saturated carbocycles. The highest BCUT2D eigenvalue weighted by molar-refractivity contribution is 6.03. The minimum absolute atomic E-state index is 0.110. The average molecular weight is 428 g/mol. The lowest BCUT2D eigenvalue weighted by Crippen LogP contribution is -2.44. The molecule has 1 aliphatic heterocycles. The van der Waals surface area contributed by atoms with Gasteiger partial charge in [0.1, 0.15) is 17.7 Å². The molecule has 1 saturated heterocycles. The number of nitrogens with zero attached hydrogens (tertiary/aromatic N) is 2. The van der Waals surface area contributed by atoms with Crippen molar-refractivity contribution < 1.29 is 26.7 Å². The number of amides is 1. The summed E-state index contributed by atoms with van der Waals surface area (Å²) < 4.78 is 66.4. The zero-order valence-corrected chi connectivity index (χ0v) is 16.4. The van der Waals surface area contributed by atoms with Crippen LogP contribution in [0.5, 0.6) is 0 Å². The third-order valence-corrected chi connectivity index (χ3v) is 5.00. The average Bonchev–Trinajstić information content (AvgIpc) is 2.99. The first kappa shape index (κ1) is 21.9. The lowest BCUT2D eigenvalue weighted by atomic mass is 10.0. The Kier molecular flexibility index (Phi) is 5.72. The van der Waals surface area contributed by atoms with Gasteiger partial charge in [0.25, 0.3) is 5.91 Å². The number of hydrogen-bond acceptors (Lipinski definition) is 4. The second-order valence-electron chi connectivity index (χ2n) is 7.80. The molecule has 2 heterocycles. The summed E-state index contributed by atoms with van der Waals surface area (Å²) in [5.41, 5.74) is 6.01. The van der Waals surface area contributed by atoms with Crippen molar-refractivity contribution in [2.24, 2.45) is 5.73 Å². The molecule has 0 radical (unpaired) electrons. The van der Waals surface area contributed by atoms with E-state index >= 15 is 0 Å². The molecular formula is C20H21F5N4O. The molecule has 30 heavy (non-hydrogen) atoms. The smallest absolute Gasteiger partial charge is 0.368 e. The molecule has 10 heteroatoms. The van der Waals surface area contributed by atoms with Crippen molar-refractivity contribution in [1.82, 2.24) is 10.3 Å². The molecule has 5 nitrogen and oxygen atoms in total. The van der Waals surface area contributed by atoms with E-state index < -0.39 is 35.3 Å². The van der Waals surface area contributed by atoms with Crippen molar-refractivity contribution in [3.8, 4) is 11.1 Å². The van der Waals surface area contributed by atoms with Crippen LogP contribution in [-0.2, 0) is 0 Å². The number of benzene rings is 1. The van der Waals surface area contributed by atoms with E-state index in [9.17, 15) is 26.7 Å². The fraction of sp³-hybridized carbons (Fsp3) is 0.400. The van der Waals surface area contributed by atoms with Crippen LogP contribution < -0.4 is 16.0 Å². The summed E-state index contributed by atoms with van der Waals surface area (Å²) in [6.07, 6.45) is -1.61. The van der Waals surface area contributed by atoms with Gasteiger partial charge in [0.05, 0.1) is 11.3 Å². The van der Waals surface area contributed by atoms with E-state index in [1.165, 1.54) is 6.20 Å². The van der Waals surface area contributed by atoms with Crippen LogP contribution in [0.15, 0.2) is 30.6 Å². The summed E-state index contributed by atoms with van der Waals surface area (Å²) in [7, 11) is 0. The fourth-order valence-corrected chi connectivity index (χ4v) is 3.41. The number of nitrogens with one attached hydrogen (secondary N) is 1. The largest absolute Gasteiger partial charge is 0.408 e. The van der Waals surface area contributed by atoms with Gasteiger partial charge in [-0.25, -0.2) is 8.78 Å². The molecule has 3 rings (SSSR count). The van der Waals surface area contributed by atoms with Crippen LogP contribution in [0.4, 0.5) is 27.6 Å². The molecule has 0 spiro atoms. The van der Waals surface area contributed by atoms with Crippen LogP contribution in [0.25, 0.3) is 11.1 Å². The minimum atomic E-state index is -4.63. The summed E-state index contributed by atoms with van der Waals surface area (Å²) in [4.78, 5) is 18.4. The molecule has 2 atom stereocenters. The number of carbonyl (C=O) groups is 1. The highest BCUT2D eigenvalue weighted by Crippen LogP contribution is 2.37. The normalized spacial score (nSPS) is 20.3. The van der Waals surface area contributed by atoms with Gasteiger partial charge in [-0.05, 0) is 38.0 Å². The minimum Gasteiger partial charge on any atom is -0.368 e. The van der Waals surface area contributed by atoms with E-state index in [-0.39, 0.29) is 22.4 Å². The quantitative estimate of drug-likeness (QED) is 0.730. The number of aromatic nitrogens is 1. The Bertz CT molecular complexity index is 940. The molecule has 0 aliphatic carbocycles. The number of anilines is 1. The van der Waals surface area contributed by atoms with Crippen molar-refractivity contribution in [3.05, 3.63) is 47.8 Å². The molecule has 1 aromatic heterocycles. The summed E-state index contributed by atoms with van der Waals surface area (Å²) in [6.45, 7) is 3.35. The number of pyridine rings is 1. The van der Waals surface area contributed by atoms with Crippen molar-refractivity contribution in [3.63, 3.8) is 0 Å². The van der Waals surface area contributed by atoms with Crippen molar-refractivity contribution >= 4 is 11.6 Å². The molecule has 1 fully saturated rings. The number of rotatable bonds is 4. The van der Waals surface area contributed by atoms with Gasteiger partial charge < -0.3 is 16.0 Å². The van der Waals surface area contributed by atoms with Crippen molar-refractivity contribution in [2.75, 3.05) is 18.0 Å². The standard InChI is InChI=1S/C20H21F5N4O/c1-11(20(23,24)25)28-18(30)16-9-27-8-15(12-5-13(21)7-14(22)6-12)17(16)29-4-3-19(2,26)10-29/h5-9,11H,3-4,10,26H2,1-2H3,(H,28,30)/t11-,19-/m0/s1. The van der Waals surface area contributed by atoms with Gasteiger partial charge in [-0.3, -0.25) is 9.78 Å². The van der Waals surface area contributed by atoms with Gasteiger partial charge in [0.15, 0.2) is 0 Å². The molecule has 0 unspecified atom stereocenters. The van der Waals surface area contributed by atoms with Crippen LogP contribution in [0, 0.1) is 11.6 Å². The van der Waals surface area contributed by atoms with Gasteiger partial charge >= 0.3 is 6.18 Å². The van der Waals surface area contributed by atoms with E-state index in [1.54, 1.807) is 11.8 Å². The van der Waals surface area contributed by atoms with Gasteiger partial charge in [0, 0.05) is 42.7 Å². The van der Waals surface area contributed by atoms with E-state index in [2.05, 4.69) is 4.98 Å². The highest BCUT2D eigenvalue weighted by atomic mass is 19.4. The Hall–Kier alpha value is -2.75. The van der Waals surface area contributed by atoms with Crippen molar-refractivity contribution in [1.29, 1.82) is 0 Å². The monoisotopic (exact) mass is 428 g/mol. The predicted molar refractivity (Wildman–Crippen MR) is 102 cm³/mol. The third-order valence-electron chi connectivity index (χ3n) is 5.00. The third kappa shape index (κ3) is 4.69. The Morgan fingerprint density at radius 1 is 1.23 bits per heavy atom. The van der Waals surface area contributed by atoms with Crippen LogP contribution in [-0.4, -0.2) is 41.7 Å². The predicted octanol–water partition coefficient (Wildman–Crippen LogP) is 3.63. The lowest BCUT2D eigenvalue weighted by molar-refractivity contribution is -0.149. The first-order valence-corrected chi connectivity index (χ1v) is 9.23. The topological polar surface area (TPSA) is 71.2 Å².